The molecule has 2 aromatic rings. The normalized spacial score (nSPS) is 12.7. The first-order valence-corrected chi connectivity index (χ1v) is 4.45. The summed E-state index contributed by atoms with van der Waals surface area (Å²) in [7, 11) is 0. The zero-order valence-electron chi connectivity index (χ0n) is 7.60. The molecule has 0 aliphatic carbocycles. The monoisotopic (exact) mass is 172 g/mol. The second kappa shape index (κ2) is 3.48. The summed E-state index contributed by atoms with van der Waals surface area (Å²) in [5, 5.41) is 0. The lowest BCUT2D eigenvalue weighted by molar-refractivity contribution is 0.562. The van der Waals surface area contributed by atoms with Gasteiger partial charge in [-0.2, -0.15) is 0 Å². The summed E-state index contributed by atoms with van der Waals surface area (Å²) in [6, 6.07) is 12.4. The van der Waals surface area contributed by atoms with Gasteiger partial charge in [-0.25, -0.2) is 0 Å². The molecule has 0 saturated carbocycles. The van der Waals surface area contributed by atoms with E-state index in [1.807, 2.05) is 12.1 Å². The molecule has 1 unspecified atom stereocenters. The molecule has 0 spiro atoms. The van der Waals surface area contributed by atoms with Crippen molar-refractivity contribution < 1.29 is 4.42 Å². The Balaban J connectivity index is 2.29. The number of hydrogen-bond donors (Lipinski definition) is 0. The van der Waals surface area contributed by atoms with Crippen LogP contribution in [0.4, 0.5) is 0 Å². The van der Waals surface area contributed by atoms with Crippen LogP contribution >= 0.6 is 0 Å². The summed E-state index contributed by atoms with van der Waals surface area (Å²) in [6.07, 6.45) is 3.52. The van der Waals surface area contributed by atoms with E-state index in [-0.39, 0.29) is 0 Å². The van der Waals surface area contributed by atoms with Crippen LogP contribution in [-0.2, 0) is 0 Å². The zero-order chi connectivity index (χ0) is 9.10. The maximum absolute atomic E-state index is 5.06. The van der Waals surface area contributed by atoms with E-state index < -0.39 is 0 Å². The Morgan fingerprint density at radius 2 is 1.77 bits per heavy atom. The van der Waals surface area contributed by atoms with E-state index in [4.69, 9.17) is 4.42 Å². The summed E-state index contributed by atoms with van der Waals surface area (Å²) < 4.78 is 5.06. The Morgan fingerprint density at radius 1 is 1.00 bits per heavy atom. The van der Waals surface area contributed by atoms with Gasteiger partial charge in [-0.15, -0.1) is 0 Å². The van der Waals surface area contributed by atoms with Gasteiger partial charge in [0.1, 0.15) is 0 Å². The first-order chi connectivity index (χ1) is 6.38. The molecule has 0 radical (unpaired) electrons. The van der Waals surface area contributed by atoms with Crippen molar-refractivity contribution in [1.29, 1.82) is 0 Å². The molecule has 1 nitrogen and oxygen atoms in total. The van der Waals surface area contributed by atoms with Gasteiger partial charge in [0, 0.05) is 5.92 Å². The van der Waals surface area contributed by atoms with Crippen molar-refractivity contribution in [1.82, 2.24) is 0 Å². The summed E-state index contributed by atoms with van der Waals surface area (Å²) >= 11 is 0. The third-order valence-corrected chi connectivity index (χ3v) is 2.34. The highest BCUT2D eigenvalue weighted by Crippen LogP contribution is 2.23. The van der Waals surface area contributed by atoms with Crippen molar-refractivity contribution >= 4 is 0 Å². The lowest BCUT2D eigenvalue weighted by Gasteiger charge is -2.08. The number of rotatable bonds is 2. The van der Waals surface area contributed by atoms with Crippen LogP contribution in [0.25, 0.3) is 0 Å². The Kier molecular flexibility index (Phi) is 2.17. The summed E-state index contributed by atoms with van der Waals surface area (Å²) in [4.78, 5) is 0. The van der Waals surface area contributed by atoms with E-state index in [1.165, 1.54) is 11.1 Å². The summed E-state index contributed by atoms with van der Waals surface area (Å²) in [6.45, 7) is 2.18. The largest absolute Gasteiger partial charge is 0.472 e. The van der Waals surface area contributed by atoms with Crippen molar-refractivity contribution in [2.75, 3.05) is 0 Å². The second-order valence-electron chi connectivity index (χ2n) is 3.19. The topological polar surface area (TPSA) is 13.1 Å². The molecule has 1 heteroatoms. The molecular weight excluding hydrogens is 160 g/mol. The first kappa shape index (κ1) is 8.11. The molecule has 1 aromatic carbocycles. The van der Waals surface area contributed by atoms with Crippen molar-refractivity contribution in [2.24, 2.45) is 0 Å². The zero-order valence-corrected chi connectivity index (χ0v) is 7.60. The van der Waals surface area contributed by atoms with Crippen LogP contribution < -0.4 is 0 Å². The van der Waals surface area contributed by atoms with Gasteiger partial charge >= 0.3 is 0 Å². The van der Waals surface area contributed by atoms with Gasteiger partial charge in [-0.1, -0.05) is 37.3 Å². The Labute approximate surface area is 78.0 Å². The maximum atomic E-state index is 5.06. The fraction of sp³-hybridized carbons (Fsp3) is 0.167. The average Bonchev–Trinajstić information content (AvgIpc) is 2.71. The van der Waals surface area contributed by atoms with Crippen molar-refractivity contribution in [3.63, 3.8) is 0 Å². The fourth-order valence-corrected chi connectivity index (χ4v) is 1.46. The van der Waals surface area contributed by atoms with Crippen LogP contribution in [0.3, 0.4) is 0 Å². The third-order valence-electron chi connectivity index (χ3n) is 2.34. The standard InChI is InChI=1S/C12H12O/c1-10(12-7-8-13-9-12)11-5-3-2-4-6-11/h2-10H,1H3. The van der Waals surface area contributed by atoms with Gasteiger partial charge < -0.3 is 4.42 Å². The fourth-order valence-electron chi connectivity index (χ4n) is 1.46. The molecule has 1 atom stereocenters. The number of benzene rings is 1. The Morgan fingerprint density at radius 3 is 2.38 bits per heavy atom. The minimum atomic E-state index is 0.417. The average molecular weight is 172 g/mol. The van der Waals surface area contributed by atoms with Gasteiger partial charge in [0.25, 0.3) is 0 Å². The van der Waals surface area contributed by atoms with Gasteiger partial charge in [0.15, 0.2) is 0 Å². The predicted octanol–water partition coefficient (Wildman–Crippen LogP) is 3.43. The highest BCUT2D eigenvalue weighted by atomic mass is 16.3. The van der Waals surface area contributed by atoms with Gasteiger partial charge in [-0.3, -0.25) is 0 Å². The van der Waals surface area contributed by atoms with E-state index >= 15 is 0 Å². The first-order valence-electron chi connectivity index (χ1n) is 4.45. The lowest BCUT2D eigenvalue weighted by atomic mass is 9.96. The Bertz CT molecular complexity index is 348. The third kappa shape index (κ3) is 1.64. The van der Waals surface area contributed by atoms with Crippen LogP contribution in [0.5, 0.6) is 0 Å². The van der Waals surface area contributed by atoms with Crippen LogP contribution in [-0.4, -0.2) is 0 Å². The Hall–Kier alpha value is -1.50. The van der Waals surface area contributed by atoms with E-state index in [1.54, 1.807) is 12.5 Å². The minimum Gasteiger partial charge on any atom is -0.472 e. The van der Waals surface area contributed by atoms with Crippen molar-refractivity contribution in [3.8, 4) is 0 Å². The van der Waals surface area contributed by atoms with Crippen LogP contribution in [0.15, 0.2) is 53.3 Å². The van der Waals surface area contributed by atoms with Gasteiger partial charge in [-0.05, 0) is 17.2 Å². The van der Waals surface area contributed by atoms with Crippen LogP contribution in [0.2, 0.25) is 0 Å². The van der Waals surface area contributed by atoms with Crippen molar-refractivity contribution in [3.05, 3.63) is 60.1 Å². The number of hydrogen-bond acceptors (Lipinski definition) is 1. The minimum absolute atomic E-state index is 0.417. The van der Waals surface area contributed by atoms with Gasteiger partial charge in [0.2, 0.25) is 0 Å². The van der Waals surface area contributed by atoms with Gasteiger partial charge in [0.05, 0.1) is 12.5 Å². The molecule has 1 heterocycles. The second-order valence-corrected chi connectivity index (χ2v) is 3.19. The van der Waals surface area contributed by atoms with Crippen LogP contribution in [0, 0.1) is 0 Å². The molecule has 0 aliphatic rings. The molecule has 0 bridgehead atoms. The quantitative estimate of drug-likeness (QED) is 0.676. The molecule has 0 N–H and O–H groups in total. The molecule has 0 aliphatic heterocycles. The molecular formula is C12H12O. The van der Waals surface area contributed by atoms with Crippen molar-refractivity contribution in [2.45, 2.75) is 12.8 Å². The maximum Gasteiger partial charge on any atom is 0.0940 e. The SMILES string of the molecule is CC(c1ccccc1)c1ccoc1. The number of furan rings is 1. The highest BCUT2D eigenvalue weighted by Gasteiger charge is 2.07. The summed E-state index contributed by atoms with van der Waals surface area (Å²) in [5.74, 6) is 0.417. The van der Waals surface area contributed by atoms with E-state index in [9.17, 15) is 0 Å². The molecule has 66 valence electrons. The molecule has 1 aromatic heterocycles. The highest BCUT2D eigenvalue weighted by molar-refractivity contribution is 5.28. The summed E-state index contributed by atoms with van der Waals surface area (Å²) in [5.41, 5.74) is 2.55. The molecule has 2 rings (SSSR count). The lowest BCUT2D eigenvalue weighted by Crippen LogP contribution is -1.92. The predicted molar refractivity (Wildman–Crippen MR) is 52.7 cm³/mol. The smallest absolute Gasteiger partial charge is 0.0940 e. The van der Waals surface area contributed by atoms with E-state index in [2.05, 4.69) is 31.2 Å². The molecule has 0 saturated heterocycles. The van der Waals surface area contributed by atoms with E-state index in [0.717, 1.165) is 0 Å². The van der Waals surface area contributed by atoms with Crippen LogP contribution in [0.1, 0.15) is 24.0 Å². The van der Waals surface area contributed by atoms with E-state index in [0.29, 0.717) is 5.92 Å². The molecule has 0 fully saturated rings. The molecule has 13 heavy (non-hydrogen) atoms. The molecule has 0 amide bonds.